The number of carbonyl (C=O) groups is 2. The number of thiophene rings is 1. The molecule has 1 amide bonds. The van der Waals surface area contributed by atoms with Crippen molar-refractivity contribution in [3.63, 3.8) is 0 Å². The van der Waals surface area contributed by atoms with Crippen LogP contribution in [0.4, 0.5) is 5.69 Å². The van der Waals surface area contributed by atoms with Gasteiger partial charge in [0.2, 0.25) is 5.91 Å². The minimum Gasteiger partial charge on any atom is -0.465 e. The molecule has 0 spiro atoms. The SMILES string of the molecule is COC(=O)c1sc(C#CC(C)(C)C)cc1N1CCCC(N)C1=O. The lowest BCUT2D eigenvalue weighted by molar-refractivity contribution is -0.120. The van der Waals surface area contributed by atoms with Crippen molar-refractivity contribution in [1.82, 2.24) is 0 Å². The van der Waals surface area contributed by atoms with Crippen LogP contribution in [0, 0.1) is 17.3 Å². The van der Waals surface area contributed by atoms with E-state index in [1.54, 1.807) is 11.0 Å². The third-order valence-corrected chi connectivity index (χ3v) is 4.43. The summed E-state index contributed by atoms with van der Waals surface area (Å²) < 4.78 is 4.84. The second kappa shape index (κ2) is 6.73. The van der Waals surface area contributed by atoms with Crippen molar-refractivity contribution in [1.29, 1.82) is 0 Å². The third kappa shape index (κ3) is 4.12. The molecule has 124 valence electrons. The number of ether oxygens (including phenoxy) is 1. The standard InChI is InChI=1S/C17H22N2O3S/c1-17(2,3)8-7-11-10-13(14(23-11)16(21)22-4)19-9-5-6-12(18)15(19)20/h10,12H,5-6,9,18H2,1-4H3. The highest BCUT2D eigenvalue weighted by Crippen LogP contribution is 2.33. The molecule has 0 bridgehead atoms. The molecule has 2 rings (SSSR count). The van der Waals surface area contributed by atoms with Crippen LogP contribution in [0.1, 0.15) is 48.2 Å². The van der Waals surface area contributed by atoms with Gasteiger partial charge in [-0.2, -0.15) is 0 Å². The van der Waals surface area contributed by atoms with Gasteiger partial charge >= 0.3 is 5.97 Å². The molecule has 1 aromatic heterocycles. The summed E-state index contributed by atoms with van der Waals surface area (Å²) >= 11 is 1.25. The van der Waals surface area contributed by atoms with Gasteiger partial charge in [-0.3, -0.25) is 4.79 Å². The van der Waals surface area contributed by atoms with E-state index in [9.17, 15) is 9.59 Å². The van der Waals surface area contributed by atoms with Gasteiger partial charge < -0.3 is 15.4 Å². The first-order chi connectivity index (χ1) is 10.7. The number of amides is 1. The molecule has 2 N–H and O–H groups in total. The van der Waals surface area contributed by atoms with Gasteiger partial charge in [-0.25, -0.2) is 4.79 Å². The van der Waals surface area contributed by atoms with E-state index in [0.29, 0.717) is 23.5 Å². The molecule has 5 nitrogen and oxygen atoms in total. The van der Waals surface area contributed by atoms with E-state index in [1.807, 2.05) is 20.8 Å². The fourth-order valence-corrected chi connectivity index (χ4v) is 3.21. The van der Waals surface area contributed by atoms with Crippen LogP contribution in [0.25, 0.3) is 0 Å². The number of nitrogens with zero attached hydrogens (tertiary/aromatic N) is 1. The highest BCUT2D eigenvalue weighted by Gasteiger charge is 2.31. The predicted octanol–water partition coefficient (Wildman–Crippen LogP) is 2.39. The van der Waals surface area contributed by atoms with Gasteiger partial charge in [0, 0.05) is 12.0 Å². The van der Waals surface area contributed by atoms with Gasteiger partial charge in [0.05, 0.1) is 23.7 Å². The summed E-state index contributed by atoms with van der Waals surface area (Å²) in [6, 6.07) is 1.27. The summed E-state index contributed by atoms with van der Waals surface area (Å²) in [6.45, 7) is 6.61. The molecular formula is C17H22N2O3S. The first-order valence-corrected chi connectivity index (χ1v) is 8.37. The fraction of sp³-hybridized carbons (Fsp3) is 0.529. The number of anilines is 1. The Balaban J connectivity index is 2.44. The van der Waals surface area contributed by atoms with E-state index in [0.717, 1.165) is 11.3 Å². The lowest BCUT2D eigenvalue weighted by Gasteiger charge is -2.30. The van der Waals surface area contributed by atoms with Gasteiger partial charge in [0.1, 0.15) is 4.88 Å². The summed E-state index contributed by atoms with van der Waals surface area (Å²) in [5.74, 6) is 5.60. The second-order valence-electron chi connectivity index (χ2n) is 6.56. The van der Waals surface area contributed by atoms with Crippen LogP contribution < -0.4 is 10.6 Å². The molecule has 1 aromatic rings. The number of esters is 1. The Morgan fingerprint density at radius 3 is 2.78 bits per heavy atom. The van der Waals surface area contributed by atoms with E-state index < -0.39 is 12.0 Å². The molecular weight excluding hydrogens is 312 g/mol. The molecule has 23 heavy (non-hydrogen) atoms. The van der Waals surface area contributed by atoms with Crippen LogP contribution in [0.15, 0.2) is 6.07 Å². The van der Waals surface area contributed by atoms with E-state index in [-0.39, 0.29) is 11.3 Å². The van der Waals surface area contributed by atoms with Crippen LogP contribution in [-0.4, -0.2) is 31.6 Å². The maximum absolute atomic E-state index is 12.3. The molecule has 1 atom stereocenters. The van der Waals surface area contributed by atoms with Crippen molar-refractivity contribution in [2.45, 2.75) is 39.7 Å². The average Bonchev–Trinajstić information content (AvgIpc) is 2.90. The zero-order valence-electron chi connectivity index (χ0n) is 13.9. The fourth-order valence-electron chi connectivity index (χ4n) is 2.27. The van der Waals surface area contributed by atoms with Crippen LogP contribution in [-0.2, 0) is 9.53 Å². The van der Waals surface area contributed by atoms with Crippen molar-refractivity contribution in [3.8, 4) is 11.8 Å². The Bertz CT molecular complexity index is 676. The number of carbonyl (C=O) groups excluding carboxylic acids is 2. The van der Waals surface area contributed by atoms with Crippen molar-refractivity contribution in [3.05, 3.63) is 15.8 Å². The Kier molecular flexibility index (Phi) is 5.12. The van der Waals surface area contributed by atoms with Crippen LogP contribution >= 0.6 is 11.3 Å². The maximum atomic E-state index is 12.3. The van der Waals surface area contributed by atoms with E-state index in [2.05, 4.69) is 11.8 Å². The number of rotatable bonds is 2. The number of nitrogens with two attached hydrogens (primary N) is 1. The van der Waals surface area contributed by atoms with Crippen LogP contribution in [0.5, 0.6) is 0 Å². The summed E-state index contributed by atoms with van der Waals surface area (Å²) in [5.41, 5.74) is 6.27. The normalized spacial score (nSPS) is 18.4. The molecule has 2 heterocycles. The molecule has 1 aliphatic rings. The first kappa shape index (κ1) is 17.5. The van der Waals surface area contributed by atoms with Gasteiger partial charge in [0.15, 0.2) is 0 Å². The van der Waals surface area contributed by atoms with Crippen molar-refractivity contribution in [2.24, 2.45) is 11.1 Å². The number of methoxy groups -OCH3 is 1. The minimum atomic E-state index is -0.516. The smallest absolute Gasteiger partial charge is 0.350 e. The lowest BCUT2D eigenvalue weighted by Crippen LogP contribution is -2.48. The quantitative estimate of drug-likeness (QED) is 0.666. The summed E-state index contributed by atoms with van der Waals surface area (Å²) in [7, 11) is 1.33. The first-order valence-electron chi connectivity index (χ1n) is 7.55. The third-order valence-electron chi connectivity index (χ3n) is 3.41. The van der Waals surface area contributed by atoms with E-state index in [4.69, 9.17) is 10.5 Å². The zero-order chi connectivity index (χ0) is 17.2. The predicted molar refractivity (Wildman–Crippen MR) is 91.6 cm³/mol. The molecule has 0 saturated carbocycles. The molecule has 6 heteroatoms. The van der Waals surface area contributed by atoms with E-state index in [1.165, 1.54) is 18.4 Å². The monoisotopic (exact) mass is 334 g/mol. The Hall–Kier alpha value is -1.84. The number of piperidine rings is 1. The summed E-state index contributed by atoms with van der Waals surface area (Å²) in [5, 5.41) is 0. The average molecular weight is 334 g/mol. The van der Waals surface area contributed by atoms with Gasteiger partial charge in [-0.15, -0.1) is 11.3 Å². The molecule has 1 unspecified atom stereocenters. The molecule has 1 saturated heterocycles. The highest BCUT2D eigenvalue weighted by atomic mass is 32.1. The zero-order valence-corrected chi connectivity index (χ0v) is 14.8. The van der Waals surface area contributed by atoms with Gasteiger partial charge in [-0.05, 0) is 39.7 Å². The van der Waals surface area contributed by atoms with Gasteiger partial charge in [-0.1, -0.05) is 11.8 Å². The van der Waals surface area contributed by atoms with Crippen molar-refractivity contribution in [2.75, 3.05) is 18.6 Å². The Morgan fingerprint density at radius 2 is 2.17 bits per heavy atom. The van der Waals surface area contributed by atoms with Crippen molar-refractivity contribution < 1.29 is 14.3 Å². The topological polar surface area (TPSA) is 72.6 Å². The molecule has 1 fully saturated rings. The summed E-state index contributed by atoms with van der Waals surface area (Å²) in [4.78, 5) is 27.1. The number of hydrogen-bond donors (Lipinski definition) is 1. The lowest BCUT2D eigenvalue weighted by atomic mass is 9.98. The summed E-state index contributed by atoms with van der Waals surface area (Å²) in [6.07, 6.45) is 1.48. The molecule has 0 radical (unpaired) electrons. The largest absolute Gasteiger partial charge is 0.465 e. The van der Waals surface area contributed by atoms with Crippen LogP contribution in [0.3, 0.4) is 0 Å². The van der Waals surface area contributed by atoms with Gasteiger partial charge in [0.25, 0.3) is 0 Å². The second-order valence-corrected chi connectivity index (χ2v) is 7.61. The Labute approximate surface area is 140 Å². The Morgan fingerprint density at radius 1 is 1.48 bits per heavy atom. The van der Waals surface area contributed by atoms with E-state index >= 15 is 0 Å². The number of hydrogen-bond acceptors (Lipinski definition) is 5. The maximum Gasteiger partial charge on any atom is 0.350 e. The highest BCUT2D eigenvalue weighted by molar-refractivity contribution is 7.15. The molecule has 1 aliphatic heterocycles. The van der Waals surface area contributed by atoms with Crippen LogP contribution in [0.2, 0.25) is 0 Å². The minimum absolute atomic E-state index is 0.140. The molecule has 0 aromatic carbocycles. The van der Waals surface area contributed by atoms with Crippen molar-refractivity contribution >= 4 is 28.9 Å². The molecule has 0 aliphatic carbocycles.